The Hall–Kier alpha value is -1.61. The number of hydrogen-bond acceptors (Lipinski definition) is 2. The van der Waals surface area contributed by atoms with Crippen molar-refractivity contribution in [2.45, 2.75) is 32.7 Å². The Kier molecular flexibility index (Phi) is 4.74. The SMILES string of the molecule is CCCNC(c1ccccc1CC)c1nccn1C. The van der Waals surface area contributed by atoms with Crippen molar-refractivity contribution in [3.63, 3.8) is 0 Å². The van der Waals surface area contributed by atoms with Crippen molar-refractivity contribution in [1.29, 1.82) is 0 Å². The predicted molar refractivity (Wildman–Crippen MR) is 79.2 cm³/mol. The van der Waals surface area contributed by atoms with Gasteiger partial charge in [0.2, 0.25) is 0 Å². The van der Waals surface area contributed by atoms with Gasteiger partial charge in [-0.3, -0.25) is 0 Å². The molecule has 0 amide bonds. The zero-order valence-electron chi connectivity index (χ0n) is 12.1. The topological polar surface area (TPSA) is 29.9 Å². The van der Waals surface area contributed by atoms with Crippen LogP contribution in [0, 0.1) is 0 Å². The third kappa shape index (κ3) is 3.04. The van der Waals surface area contributed by atoms with Gasteiger partial charge in [0.1, 0.15) is 5.82 Å². The highest BCUT2D eigenvalue weighted by atomic mass is 15.1. The summed E-state index contributed by atoms with van der Waals surface area (Å²) in [6.45, 7) is 5.39. The minimum Gasteiger partial charge on any atom is -0.336 e. The summed E-state index contributed by atoms with van der Waals surface area (Å²) in [7, 11) is 2.05. The summed E-state index contributed by atoms with van der Waals surface area (Å²) in [6, 6.07) is 8.81. The molecule has 0 bridgehead atoms. The van der Waals surface area contributed by atoms with Crippen LogP contribution in [-0.2, 0) is 13.5 Å². The van der Waals surface area contributed by atoms with Gasteiger partial charge in [-0.05, 0) is 30.5 Å². The number of imidazole rings is 1. The fourth-order valence-corrected chi connectivity index (χ4v) is 2.42. The van der Waals surface area contributed by atoms with Crippen LogP contribution in [0.3, 0.4) is 0 Å². The van der Waals surface area contributed by atoms with E-state index in [-0.39, 0.29) is 6.04 Å². The van der Waals surface area contributed by atoms with E-state index in [4.69, 9.17) is 0 Å². The van der Waals surface area contributed by atoms with E-state index in [0.717, 1.165) is 25.2 Å². The summed E-state index contributed by atoms with van der Waals surface area (Å²) >= 11 is 0. The lowest BCUT2D eigenvalue weighted by Gasteiger charge is -2.21. The Morgan fingerprint density at radius 3 is 2.68 bits per heavy atom. The molecule has 1 aromatic heterocycles. The summed E-state index contributed by atoms with van der Waals surface area (Å²) in [5.74, 6) is 1.08. The van der Waals surface area contributed by atoms with Crippen molar-refractivity contribution in [3.8, 4) is 0 Å². The van der Waals surface area contributed by atoms with Crippen molar-refractivity contribution >= 4 is 0 Å². The van der Waals surface area contributed by atoms with E-state index in [1.807, 2.05) is 12.4 Å². The van der Waals surface area contributed by atoms with Crippen LogP contribution in [0.1, 0.15) is 43.3 Å². The average Bonchev–Trinajstić information content (AvgIpc) is 2.86. The molecule has 1 aromatic carbocycles. The maximum atomic E-state index is 4.52. The van der Waals surface area contributed by atoms with Gasteiger partial charge in [0.15, 0.2) is 0 Å². The Morgan fingerprint density at radius 1 is 1.26 bits per heavy atom. The average molecular weight is 257 g/mol. The Morgan fingerprint density at radius 2 is 2.05 bits per heavy atom. The van der Waals surface area contributed by atoms with E-state index >= 15 is 0 Å². The van der Waals surface area contributed by atoms with Crippen LogP contribution in [-0.4, -0.2) is 16.1 Å². The number of aryl methyl sites for hydroxylation is 2. The number of hydrogen-bond donors (Lipinski definition) is 1. The van der Waals surface area contributed by atoms with Crippen LogP contribution in [0.25, 0.3) is 0 Å². The van der Waals surface area contributed by atoms with Gasteiger partial charge in [-0.15, -0.1) is 0 Å². The fourth-order valence-electron chi connectivity index (χ4n) is 2.42. The standard InChI is InChI=1S/C16H23N3/c1-4-10-17-15(16-18-11-12-19(16)3)14-9-7-6-8-13(14)5-2/h6-9,11-12,15,17H,4-5,10H2,1-3H3. The van der Waals surface area contributed by atoms with E-state index in [0.29, 0.717) is 0 Å². The fraction of sp³-hybridized carbons (Fsp3) is 0.438. The molecule has 0 fully saturated rings. The maximum Gasteiger partial charge on any atom is 0.130 e. The molecule has 19 heavy (non-hydrogen) atoms. The summed E-state index contributed by atoms with van der Waals surface area (Å²) in [4.78, 5) is 4.52. The van der Waals surface area contributed by atoms with Gasteiger partial charge < -0.3 is 9.88 Å². The van der Waals surface area contributed by atoms with Crippen LogP contribution in [0.15, 0.2) is 36.7 Å². The quantitative estimate of drug-likeness (QED) is 0.862. The molecule has 2 aromatic rings. The van der Waals surface area contributed by atoms with Gasteiger partial charge in [-0.2, -0.15) is 0 Å². The molecule has 0 spiro atoms. The van der Waals surface area contributed by atoms with Crippen LogP contribution in [0.4, 0.5) is 0 Å². The zero-order chi connectivity index (χ0) is 13.7. The van der Waals surface area contributed by atoms with E-state index in [1.54, 1.807) is 0 Å². The number of nitrogens with zero attached hydrogens (tertiary/aromatic N) is 2. The lowest BCUT2D eigenvalue weighted by atomic mass is 9.98. The molecule has 0 saturated heterocycles. The number of benzene rings is 1. The minimum absolute atomic E-state index is 0.177. The molecule has 1 N–H and O–H groups in total. The summed E-state index contributed by atoms with van der Waals surface area (Å²) in [5.41, 5.74) is 2.73. The summed E-state index contributed by atoms with van der Waals surface area (Å²) < 4.78 is 2.10. The minimum atomic E-state index is 0.177. The van der Waals surface area contributed by atoms with Gasteiger partial charge in [-0.25, -0.2) is 4.98 Å². The monoisotopic (exact) mass is 257 g/mol. The zero-order valence-corrected chi connectivity index (χ0v) is 12.1. The van der Waals surface area contributed by atoms with Gasteiger partial charge in [0, 0.05) is 19.4 Å². The Balaban J connectivity index is 2.40. The Bertz CT molecular complexity index is 516. The lowest BCUT2D eigenvalue weighted by molar-refractivity contribution is 0.552. The second-order valence-electron chi connectivity index (χ2n) is 4.84. The molecule has 1 heterocycles. The van der Waals surface area contributed by atoms with Gasteiger partial charge >= 0.3 is 0 Å². The molecule has 102 valence electrons. The number of aromatic nitrogens is 2. The molecule has 1 unspecified atom stereocenters. The molecule has 3 heteroatoms. The first-order valence-corrected chi connectivity index (χ1v) is 7.06. The normalized spacial score (nSPS) is 12.6. The van der Waals surface area contributed by atoms with Crippen molar-refractivity contribution in [2.24, 2.45) is 7.05 Å². The highest BCUT2D eigenvalue weighted by Gasteiger charge is 2.19. The van der Waals surface area contributed by atoms with Gasteiger partial charge in [0.05, 0.1) is 6.04 Å². The first kappa shape index (κ1) is 13.8. The summed E-state index contributed by atoms with van der Waals surface area (Å²) in [6.07, 6.45) is 6.04. The predicted octanol–water partition coefficient (Wildman–Crippen LogP) is 3.07. The van der Waals surface area contributed by atoms with Crippen molar-refractivity contribution in [1.82, 2.24) is 14.9 Å². The third-order valence-corrected chi connectivity index (χ3v) is 3.46. The van der Waals surface area contributed by atoms with Crippen LogP contribution in [0.2, 0.25) is 0 Å². The van der Waals surface area contributed by atoms with Crippen LogP contribution < -0.4 is 5.32 Å². The first-order chi connectivity index (χ1) is 9.27. The highest BCUT2D eigenvalue weighted by Crippen LogP contribution is 2.24. The lowest BCUT2D eigenvalue weighted by Crippen LogP contribution is -2.26. The number of rotatable bonds is 6. The van der Waals surface area contributed by atoms with Crippen LogP contribution >= 0.6 is 0 Å². The van der Waals surface area contributed by atoms with Crippen molar-refractivity contribution in [3.05, 3.63) is 53.6 Å². The molecule has 3 nitrogen and oxygen atoms in total. The van der Waals surface area contributed by atoms with E-state index in [9.17, 15) is 0 Å². The Labute approximate surface area is 115 Å². The highest BCUT2D eigenvalue weighted by molar-refractivity contribution is 5.34. The molecular formula is C16H23N3. The molecule has 0 radical (unpaired) electrons. The van der Waals surface area contributed by atoms with Crippen molar-refractivity contribution in [2.75, 3.05) is 6.54 Å². The maximum absolute atomic E-state index is 4.52. The number of nitrogens with one attached hydrogen (secondary N) is 1. The molecule has 0 aliphatic heterocycles. The van der Waals surface area contributed by atoms with Gasteiger partial charge in [-0.1, -0.05) is 38.1 Å². The second-order valence-corrected chi connectivity index (χ2v) is 4.84. The smallest absolute Gasteiger partial charge is 0.130 e. The molecule has 2 rings (SSSR count). The molecule has 0 saturated carbocycles. The largest absolute Gasteiger partial charge is 0.336 e. The molecular weight excluding hydrogens is 234 g/mol. The first-order valence-electron chi connectivity index (χ1n) is 7.06. The van der Waals surface area contributed by atoms with E-state index in [2.05, 4.69) is 60.0 Å². The summed E-state index contributed by atoms with van der Waals surface area (Å²) in [5, 5.41) is 3.62. The van der Waals surface area contributed by atoms with Crippen molar-refractivity contribution < 1.29 is 0 Å². The third-order valence-electron chi connectivity index (χ3n) is 3.46. The molecule has 1 atom stereocenters. The van der Waals surface area contributed by atoms with Gasteiger partial charge in [0.25, 0.3) is 0 Å². The second kappa shape index (κ2) is 6.53. The molecule has 0 aliphatic carbocycles. The van der Waals surface area contributed by atoms with Crippen LogP contribution in [0.5, 0.6) is 0 Å². The van der Waals surface area contributed by atoms with E-state index in [1.165, 1.54) is 11.1 Å². The molecule has 0 aliphatic rings. The van der Waals surface area contributed by atoms with E-state index < -0.39 is 0 Å².